The van der Waals surface area contributed by atoms with Crippen LogP contribution in [0.3, 0.4) is 0 Å². The molecule has 2 rings (SSSR count). The van der Waals surface area contributed by atoms with Crippen LogP contribution in [0.25, 0.3) is 0 Å². The molecule has 4 nitrogen and oxygen atoms in total. The zero-order valence-electron chi connectivity index (χ0n) is 9.14. The number of anilines is 1. The molecular formula is C12H14N2O2. The smallest absolute Gasteiger partial charge is 0.316 e. The van der Waals surface area contributed by atoms with Gasteiger partial charge in [-0.15, -0.1) is 0 Å². The van der Waals surface area contributed by atoms with E-state index in [0.29, 0.717) is 0 Å². The van der Waals surface area contributed by atoms with Crippen molar-refractivity contribution < 1.29 is 9.59 Å². The molecule has 0 unspecified atom stereocenters. The highest BCUT2D eigenvalue weighted by Crippen LogP contribution is 2.19. The quantitative estimate of drug-likeness (QED) is 0.751. The molecule has 4 heteroatoms. The van der Waals surface area contributed by atoms with Crippen molar-refractivity contribution in [1.82, 2.24) is 5.32 Å². The topological polar surface area (TPSA) is 49.4 Å². The molecule has 1 saturated carbocycles. The molecule has 0 spiro atoms. The van der Waals surface area contributed by atoms with Crippen molar-refractivity contribution in [3.8, 4) is 0 Å². The molecule has 16 heavy (non-hydrogen) atoms. The summed E-state index contributed by atoms with van der Waals surface area (Å²) in [5.41, 5.74) is 0.721. The van der Waals surface area contributed by atoms with E-state index >= 15 is 0 Å². The third kappa shape index (κ3) is 2.39. The van der Waals surface area contributed by atoms with Gasteiger partial charge < -0.3 is 10.2 Å². The maximum absolute atomic E-state index is 11.7. The van der Waals surface area contributed by atoms with Gasteiger partial charge in [-0.1, -0.05) is 18.2 Å². The number of hydrogen-bond acceptors (Lipinski definition) is 2. The summed E-state index contributed by atoms with van der Waals surface area (Å²) >= 11 is 0. The molecule has 0 aliphatic heterocycles. The normalized spacial score (nSPS) is 14.3. The molecule has 2 amide bonds. The van der Waals surface area contributed by atoms with Gasteiger partial charge in [-0.2, -0.15) is 0 Å². The Labute approximate surface area is 94.2 Å². The number of rotatable bonds is 2. The summed E-state index contributed by atoms with van der Waals surface area (Å²) in [7, 11) is 1.60. The van der Waals surface area contributed by atoms with Crippen LogP contribution in [0.4, 0.5) is 5.69 Å². The molecule has 0 heterocycles. The molecule has 1 aliphatic rings. The van der Waals surface area contributed by atoms with Crippen molar-refractivity contribution >= 4 is 17.5 Å². The van der Waals surface area contributed by atoms with Crippen molar-refractivity contribution in [3.63, 3.8) is 0 Å². The standard InChI is InChI=1S/C12H14N2O2/c1-14(10-5-3-2-4-6-10)12(16)11(15)13-9-7-8-9/h2-6,9H,7-8H2,1H3,(H,13,15). The van der Waals surface area contributed by atoms with Gasteiger partial charge in [-0.25, -0.2) is 0 Å². The third-order valence-electron chi connectivity index (χ3n) is 2.55. The number of para-hydroxylation sites is 1. The monoisotopic (exact) mass is 218 g/mol. The molecular weight excluding hydrogens is 204 g/mol. The minimum Gasteiger partial charge on any atom is -0.345 e. The highest BCUT2D eigenvalue weighted by atomic mass is 16.2. The first-order valence-electron chi connectivity index (χ1n) is 5.32. The summed E-state index contributed by atoms with van der Waals surface area (Å²) < 4.78 is 0. The number of likely N-dealkylation sites (N-methyl/N-ethyl adjacent to an activating group) is 1. The van der Waals surface area contributed by atoms with Crippen LogP contribution in [0.2, 0.25) is 0 Å². The maximum atomic E-state index is 11.7. The molecule has 0 bridgehead atoms. The fourth-order valence-corrected chi connectivity index (χ4v) is 1.40. The predicted molar refractivity (Wildman–Crippen MR) is 61.0 cm³/mol. The van der Waals surface area contributed by atoms with E-state index in [1.807, 2.05) is 18.2 Å². The van der Waals surface area contributed by atoms with Crippen LogP contribution in [-0.4, -0.2) is 24.9 Å². The Morgan fingerprint density at radius 1 is 1.25 bits per heavy atom. The highest BCUT2D eigenvalue weighted by molar-refractivity contribution is 6.40. The lowest BCUT2D eigenvalue weighted by Gasteiger charge is -2.16. The fraction of sp³-hybridized carbons (Fsp3) is 0.333. The summed E-state index contributed by atoms with van der Waals surface area (Å²) in [6.45, 7) is 0. The number of nitrogens with zero attached hydrogens (tertiary/aromatic N) is 1. The van der Waals surface area contributed by atoms with Crippen LogP contribution in [0.5, 0.6) is 0 Å². The average Bonchev–Trinajstić information content (AvgIpc) is 3.12. The molecule has 0 radical (unpaired) electrons. The van der Waals surface area contributed by atoms with E-state index in [2.05, 4.69) is 5.32 Å². The van der Waals surface area contributed by atoms with Crippen molar-refractivity contribution in [2.75, 3.05) is 11.9 Å². The van der Waals surface area contributed by atoms with Gasteiger partial charge in [-0.05, 0) is 25.0 Å². The Balaban J connectivity index is 2.00. The van der Waals surface area contributed by atoms with E-state index in [0.717, 1.165) is 18.5 Å². The van der Waals surface area contributed by atoms with E-state index in [9.17, 15) is 9.59 Å². The maximum Gasteiger partial charge on any atom is 0.316 e. The van der Waals surface area contributed by atoms with Crippen LogP contribution in [-0.2, 0) is 9.59 Å². The molecule has 1 fully saturated rings. The van der Waals surface area contributed by atoms with Crippen LogP contribution >= 0.6 is 0 Å². The summed E-state index contributed by atoms with van der Waals surface area (Å²) in [5.74, 6) is -1.04. The van der Waals surface area contributed by atoms with E-state index in [-0.39, 0.29) is 6.04 Å². The summed E-state index contributed by atoms with van der Waals surface area (Å²) in [5, 5.41) is 2.67. The Morgan fingerprint density at radius 3 is 2.44 bits per heavy atom. The Morgan fingerprint density at radius 2 is 1.88 bits per heavy atom. The number of carbonyl (C=O) groups is 2. The minimum absolute atomic E-state index is 0.209. The molecule has 1 aromatic carbocycles. The van der Waals surface area contributed by atoms with Gasteiger partial charge in [0.1, 0.15) is 0 Å². The van der Waals surface area contributed by atoms with Crippen molar-refractivity contribution in [2.45, 2.75) is 18.9 Å². The molecule has 1 N–H and O–H groups in total. The van der Waals surface area contributed by atoms with Gasteiger partial charge in [0.2, 0.25) is 0 Å². The molecule has 0 saturated heterocycles. The van der Waals surface area contributed by atoms with Gasteiger partial charge in [0.25, 0.3) is 0 Å². The van der Waals surface area contributed by atoms with Gasteiger partial charge in [-0.3, -0.25) is 9.59 Å². The van der Waals surface area contributed by atoms with Crippen LogP contribution < -0.4 is 10.2 Å². The Bertz CT molecular complexity index is 399. The first-order valence-corrected chi connectivity index (χ1v) is 5.32. The van der Waals surface area contributed by atoms with Crippen molar-refractivity contribution in [2.24, 2.45) is 0 Å². The number of hydrogen-bond donors (Lipinski definition) is 1. The first-order chi connectivity index (χ1) is 7.68. The van der Waals surface area contributed by atoms with Crippen LogP contribution in [0.1, 0.15) is 12.8 Å². The lowest BCUT2D eigenvalue weighted by atomic mass is 10.3. The van der Waals surface area contributed by atoms with Crippen molar-refractivity contribution in [3.05, 3.63) is 30.3 Å². The van der Waals surface area contributed by atoms with E-state index < -0.39 is 11.8 Å². The van der Waals surface area contributed by atoms with Crippen LogP contribution in [0, 0.1) is 0 Å². The second-order valence-electron chi connectivity index (χ2n) is 3.95. The van der Waals surface area contributed by atoms with E-state index in [1.165, 1.54) is 4.90 Å². The highest BCUT2D eigenvalue weighted by Gasteiger charge is 2.28. The second kappa shape index (κ2) is 4.35. The minimum atomic E-state index is -0.520. The number of benzene rings is 1. The SMILES string of the molecule is CN(C(=O)C(=O)NC1CC1)c1ccccc1. The Hall–Kier alpha value is -1.84. The summed E-state index contributed by atoms with van der Waals surface area (Å²) in [6.07, 6.45) is 1.96. The van der Waals surface area contributed by atoms with Gasteiger partial charge >= 0.3 is 11.8 Å². The molecule has 84 valence electrons. The first kappa shape index (κ1) is 10.7. The fourth-order valence-electron chi connectivity index (χ4n) is 1.40. The predicted octanol–water partition coefficient (Wildman–Crippen LogP) is 0.928. The van der Waals surface area contributed by atoms with Crippen LogP contribution in [0.15, 0.2) is 30.3 Å². The summed E-state index contributed by atoms with van der Waals surface area (Å²) in [6, 6.07) is 9.33. The molecule has 0 aromatic heterocycles. The summed E-state index contributed by atoms with van der Waals surface area (Å²) in [4.78, 5) is 24.6. The van der Waals surface area contributed by atoms with Gasteiger partial charge in [0.15, 0.2) is 0 Å². The lowest BCUT2D eigenvalue weighted by Crippen LogP contribution is -2.42. The number of carbonyl (C=O) groups excluding carboxylic acids is 2. The Kier molecular flexibility index (Phi) is 2.90. The van der Waals surface area contributed by atoms with E-state index in [4.69, 9.17) is 0 Å². The lowest BCUT2D eigenvalue weighted by molar-refractivity contribution is -0.137. The van der Waals surface area contributed by atoms with Crippen molar-refractivity contribution in [1.29, 1.82) is 0 Å². The molecule has 0 atom stereocenters. The zero-order chi connectivity index (χ0) is 11.5. The van der Waals surface area contributed by atoms with E-state index in [1.54, 1.807) is 19.2 Å². The zero-order valence-corrected chi connectivity index (χ0v) is 9.14. The largest absolute Gasteiger partial charge is 0.345 e. The molecule has 1 aliphatic carbocycles. The second-order valence-corrected chi connectivity index (χ2v) is 3.95. The number of amides is 2. The third-order valence-corrected chi connectivity index (χ3v) is 2.55. The number of nitrogens with one attached hydrogen (secondary N) is 1. The average molecular weight is 218 g/mol. The molecule has 1 aromatic rings. The van der Waals surface area contributed by atoms with Gasteiger partial charge in [0, 0.05) is 18.8 Å². The van der Waals surface area contributed by atoms with Gasteiger partial charge in [0.05, 0.1) is 0 Å².